The Morgan fingerprint density at radius 2 is 1.97 bits per heavy atom. The molecule has 156 valence electrons. The molecule has 0 spiro atoms. The third kappa shape index (κ3) is 4.06. The molecule has 4 rings (SSSR count). The minimum atomic E-state index is -3.45. The first-order valence-corrected chi connectivity index (χ1v) is 12.4. The van der Waals surface area contributed by atoms with Crippen LogP contribution < -0.4 is 4.90 Å². The average molecular weight is 436 g/mol. The molecule has 0 N–H and O–H groups in total. The van der Waals surface area contributed by atoms with E-state index in [0.717, 1.165) is 48.6 Å². The van der Waals surface area contributed by atoms with Gasteiger partial charge in [0.2, 0.25) is 15.9 Å². The van der Waals surface area contributed by atoms with Gasteiger partial charge in [-0.25, -0.2) is 8.42 Å². The first-order valence-electron chi connectivity index (χ1n) is 9.94. The van der Waals surface area contributed by atoms with E-state index >= 15 is 0 Å². The highest BCUT2D eigenvalue weighted by molar-refractivity contribution is 7.99. The van der Waals surface area contributed by atoms with Crippen LogP contribution in [0.1, 0.15) is 31.7 Å². The van der Waals surface area contributed by atoms with Crippen molar-refractivity contribution in [2.24, 2.45) is 0 Å². The third-order valence-electron chi connectivity index (χ3n) is 5.42. The second-order valence-corrected chi connectivity index (χ2v) is 10.1. The number of rotatable bonds is 6. The molecule has 10 heteroatoms. The first-order chi connectivity index (χ1) is 14.0. The lowest BCUT2D eigenvalue weighted by Crippen LogP contribution is -2.37. The van der Waals surface area contributed by atoms with Crippen LogP contribution in [0, 0.1) is 0 Å². The number of nitrogens with zero attached hydrogens (tertiary/aromatic N) is 5. The Morgan fingerprint density at radius 1 is 1.17 bits per heavy atom. The summed E-state index contributed by atoms with van der Waals surface area (Å²) in [6, 6.07) is 5.18. The number of carbonyl (C=O) groups excluding carboxylic acids is 1. The van der Waals surface area contributed by atoms with E-state index < -0.39 is 10.0 Å². The van der Waals surface area contributed by atoms with Gasteiger partial charge in [0.15, 0.2) is 5.16 Å². The van der Waals surface area contributed by atoms with Gasteiger partial charge in [0.25, 0.3) is 0 Å². The molecule has 1 aromatic carbocycles. The number of fused-ring (bicyclic) bond motifs is 1. The predicted molar refractivity (Wildman–Crippen MR) is 112 cm³/mol. The fraction of sp³-hybridized carbons (Fsp3) is 0.526. The molecule has 2 aliphatic rings. The van der Waals surface area contributed by atoms with E-state index in [1.54, 1.807) is 33.7 Å². The number of carbonyl (C=O) groups is 1. The number of amides is 1. The van der Waals surface area contributed by atoms with Crippen LogP contribution in [-0.4, -0.2) is 58.8 Å². The Labute approximate surface area is 175 Å². The van der Waals surface area contributed by atoms with E-state index in [9.17, 15) is 13.2 Å². The lowest BCUT2D eigenvalue weighted by molar-refractivity contribution is -0.116. The van der Waals surface area contributed by atoms with E-state index in [1.165, 1.54) is 11.8 Å². The number of hydrogen-bond acceptors (Lipinski definition) is 6. The molecule has 8 nitrogen and oxygen atoms in total. The fourth-order valence-electron chi connectivity index (χ4n) is 3.85. The number of benzene rings is 1. The van der Waals surface area contributed by atoms with Gasteiger partial charge in [-0.1, -0.05) is 11.8 Å². The van der Waals surface area contributed by atoms with E-state index in [4.69, 9.17) is 0 Å². The summed E-state index contributed by atoms with van der Waals surface area (Å²) in [5.74, 6) is 0.267. The number of sulfonamides is 1. The van der Waals surface area contributed by atoms with Crippen molar-refractivity contribution in [3.63, 3.8) is 0 Å². The van der Waals surface area contributed by atoms with Crippen LogP contribution in [-0.2, 0) is 27.8 Å². The van der Waals surface area contributed by atoms with Crippen LogP contribution >= 0.6 is 11.8 Å². The Balaban J connectivity index is 1.51. The molecule has 1 saturated heterocycles. The van der Waals surface area contributed by atoms with Crippen molar-refractivity contribution in [3.8, 4) is 0 Å². The van der Waals surface area contributed by atoms with E-state index in [0.29, 0.717) is 24.5 Å². The lowest BCUT2D eigenvalue weighted by atomic mass is 10.0. The monoisotopic (exact) mass is 435 g/mol. The number of aryl methyl sites for hydroxylation is 2. The zero-order chi connectivity index (χ0) is 20.4. The van der Waals surface area contributed by atoms with Crippen LogP contribution in [0.2, 0.25) is 0 Å². The average Bonchev–Trinajstić information content (AvgIpc) is 3.43. The van der Waals surface area contributed by atoms with Gasteiger partial charge < -0.3 is 9.47 Å². The van der Waals surface area contributed by atoms with Crippen molar-refractivity contribution in [2.45, 2.75) is 49.2 Å². The van der Waals surface area contributed by atoms with Crippen LogP contribution in [0.25, 0.3) is 0 Å². The molecular weight excluding hydrogens is 410 g/mol. The number of aromatic nitrogens is 3. The van der Waals surface area contributed by atoms with Gasteiger partial charge in [0.05, 0.1) is 10.6 Å². The van der Waals surface area contributed by atoms with Crippen LogP contribution in [0.15, 0.2) is 34.6 Å². The summed E-state index contributed by atoms with van der Waals surface area (Å²) in [6.45, 7) is 4.58. The molecule has 0 unspecified atom stereocenters. The summed E-state index contributed by atoms with van der Waals surface area (Å²) in [6.07, 6.45) is 5.08. The highest BCUT2D eigenvalue weighted by Gasteiger charge is 2.29. The number of hydrogen-bond donors (Lipinski definition) is 0. The Kier molecular flexibility index (Phi) is 5.93. The number of thioether (sulfide) groups is 1. The Hall–Kier alpha value is -1.91. The standard InChI is InChI=1S/C19H25N5O3S2/c1-2-22-14-20-21-19(22)28-13-18(25)24-11-5-6-15-12-16(7-8-17(15)24)29(26,27)23-9-3-4-10-23/h7-8,12,14H,2-6,9-11,13H2,1H3. The van der Waals surface area contributed by atoms with Gasteiger partial charge >= 0.3 is 0 Å². The van der Waals surface area contributed by atoms with Gasteiger partial charge in [0.1, 0.15) is 6.33 Å². The summed E-state index contributed by atoms with van der Waals surface area (Å²) in [4.78, 5) is 15.0. The van der Waals surface area contributed by atoms with Crippen LogP contribution in [0.4, 0.5) is 5.69 Å². The Morgan fingerprint density at radius 3 is 2.72 bits per heavy atom. The summed E-state index contributed by atoms with van der Waals surface area (Å²) in [5.41, 5.74) is 1.74. The highest BCUT2D eigenvalue weighted by Crippen LogP contribution is 2.32. The summed E-state index contributed by atoms with van der Waals surface area (Å²) in [5, 5.41) is 8.68. The molecule has 3 heterocycles. The topological polar surface area (TPSA) is 88.4 Å². The van der Waals surface area contributed by atoms with Crippen molar-refractivity contribution in [1.29, 1.82) is 0 Å². The number of anilines is 1. The largest absolute Gasteiger partial charge is 0.311 e. The minimum Gasteiger partial charge on any atom is -0.311 e. The summed E-state index contributed by atoms with van der Waals surface area (Å²) < 4.78 is 29.2. The van der Waals surface area contributed by atoms with Crippen molar-refractivity contribution >= 4 is 33.4 Å². The van der Waals surface area contributed by atoms with Crippen molar-refractivity contribution in [1.82, 2.24) is 19.1 Å². The van der Waals surface area contributed by atoms with Crippen LogP contribution in [0.3, 0.4) is 0 Å². The van der Waals surface area contributed by atoms with Gasteiger partial charge in [-0.15, -0.1) is 10.2 Å². The van der Waals surface area contributed by atoms with E-state index in [1.807, 2.05) is 11.5 Å². The second kappa shape index (κ2) is 8.45. The summed E-state index contributed by atoms with van der Waals surface area (Å²) >= 11 is 1.37. The second-order valence-electron chi connectivity index (χ2n) is 7.24. The molecule has 0 bridgehead atoms. The molecule has 0 saturated carbocycles. The third-order valence-corrected chi connectivity index (χ3v) is 8.28. The zero-order valence-corrected chi connectivity index (χ0v) is 18.1. The molecule has 1 fully saturated rings. The normalized spacial score (nSPS) is 17.5. The molecule has 29 heavy (non-hydrogen) atoms. The van der Waals surface area contributed by atoms with Gasteiger partial charge in [-0.2, -0.15) is 4.31 Å². The first kappa shape index (κ1) is 20.4. The van der Waals surface area contributed by atoms with Crippen molar-refractivity contribution in [3.05, 3.63) is 30.1 Å². The minimum absolute atomic E-state index is 0.00301. The molecule has 2 aliphatic heterocycles. The smallest absolute Gasteiger partial charge is 0.243 e. The maximum absolute atomic E-state index is 12.9. The van der Waals surface area contributed by atoms with Crippen molar-refractivity contribution < 1.29 is 13.2 Å². The van der Waals surface area contributed by atoms with Gasteiger partial charge in [-0.05, 0) is 56.4 Å². The van der Waals surface area contributed by atoms with Gasteiger partial charge in [0, 0.05) is 31.9 Å². The SMILES string of the molecule is CCn1cnnc1SCC(=O)N1CCCc2cc(S(=O)(=O)N3CCCC3)ccc21. The molecule has 1 amide bonds. The predicted octanol–water partition coefficient (Wildman–Crippen LogP) is 2.15. The van der Waals surface area contributed by atoms with Gasteiger partial charge in [-0.3, -0.25) is 4.79 Å². The molecule has 0 radical (unpaired) electrons. The molecule has 1 aromatic heterocycles. The highest BCUT2D eigenvalue weighted by atomic mass is 32.2. The van der Waals surface area contributed by atoms with Crippen LogP contribution in [0.5, 0.6) is 0 Å². The lowest BCUT2D eigenvalue weighted by Gasteiger charge is -2.30. The molecule has 2 aromatic rings. The van der Waals surface area contributed by atoms with E-state index in [-0.39, 0.29) is 11.7 Å². The maximum atomic E-state index is 12.9. The summed E-state index contributed by atoms with van der Waals surface area (Å²) in [7, 11) is -3.45. The fourth-order valence-corrected chi connectivity index (χ4v) is 6.27. The Bertz CT molecular complexity index is 999. The molecule has 0 atom stereocenters. The quantitative estimate of drug-likeness (QED) is 0.646. The maximum Gasteiger partial charge on any atom is 0.243 e. The molecular formula is C19H25N5O3S2. The van der Waals surface area contributed by atoms with E-state index in [2.05, 4.69) is 10.2 Å². The van der Waals surface area contributed by atoms with Crippen molar-refractivity contribution in [2.75, 3.05) is 30.3 Å². The zero-order valence-electron chi connectivity index (χ0n) is 16.5. The molecule has 0 aliphatic carbocycles.